The number of carbonyl (C=O) groups excluding carboxylic acids is 1. The Labute approximate surface area is 126 Å². The number of amides is 2. The summed E-state index contributed by atoms with van der Waals surface area (Å²) in [6.45, 7) is 2.81. The number of carbonyl (C=O) groups is 1. The number of sulfonamides is 1. The van der Waals surface area contributed by atoms with Crippen LogP contribution in [0, 0.1) is 11.3 Å². The van der Waals surface area contributed by atoms with Gasteiger partial charge in [-0.1, -0.05) is 6.42 Å². The number of ether oxygens (including phenoxy) is 1. The van der Waals surface area contributed by atoms with Crippen molar-refractivity contribution < 1.29 is 17.9 Å². The molecule has 7 nitrogen and oxygen atoms in total. The Kier molecular flexibility index (Phi) is 5.11. The van der Waals surface area contributed by atoms with Crippen molar-refractivity contribution in [3.63, 3.8) is 0 Å². The first kappa shape index (κ1) is 16.5. The summed E-state index contributed by atoms with van der Waals surface area (Å²) in [4.78, 5) is 11.8. The highest BCUT2D eigenvalue weighted by atomic mass is 32.2. The summed E-state index contributed by atoms with van der Waals surface area (Å²) < 4.78 is 29.1. The van der Waals surface area contributed by atoms with E-state index in [0.717, 1.165) is 12.8 Å². The van der Waals surface area contributed by atoms with Crippen molar-refractivity contribution in [2.45, 2.75) is 19.3 Å². The second kappa shape index (κ2) is 6.50. The van der Waals surface area contributed by atoms with Gasteiger partial charge in [-0.15, -0.1) is 0 Å². The maximum absolute atomic E-state index is 11.8. The van der Waals surface area contributed by atoms with Gasteiger partial charge in [0.1, 0.15) is 0 Å². The fourth-order valence-electron chi connectivity index (χ4n) is 2.84. The van der Waals surface area contributed by atoms with Crippen LogP contribution in [0.1, 0.15) is 19.3 Å². The molecule has 0 bridgehead atoms. The molecule has 21 heavy (non-hydrogen) atoms. The van der Waals surface area contributed by atoms with Crippen LogP contribution in [-0.4, -0.2) is 64.9 Å². The molecule has 122 valence electrons. The largest absolute Gasteiger partial charge is 0.384 e. The third kappa shape index (κ3) is 4.31. The molecule has 2 rings (SSSR count). The summed E-state index contributed by atoms with van der Waals surface area (Å²) in [6.07, 6.45) is 4.58. The average Bonchev–Trinajstić information content (AvgIpc) is 2.28. The Hall–Kier alpha value is -0.860. The van der Waals surface area contributed by atoms with Crippen LogP contribution in [0.3, 0.4) is 0 Å². The highest BCUT2D eigenvalue weighted by molar-refractivity contribution is 7.88. The standard InChI is InChI=1S/C13H25N3O4S/c1-20-10-13(4-3-5-13)9-15-12(17)14-6-11-7-16(8-11)21(2,18)19/h11H,3-10H2,1-2H3,(H2,14,15,17). The van der Waals surface area contributed by atoms with Crippen LogP contribution >= 0.6 is 0 Å². The second-order valence-corrected chi connectivity index (χ2v) is 8.28. The quantitative estimate of drug-likeness (QED) is 0.691. The maximum atomic E-state index is 11.8. The predicted octanol–water partition coefficient (Wildman–Crippen LogP) is -0.00630. The minimum Gasteiger partial charge on any atom is -0.384 e. The number of hydrogen-bond acceptors (Lipinski definition) is 4. The van der Waals surface area contributed by atoms with Gasteiger partial charge in [0.25, 0.3) is 0 Å². The number of rotatable bonds is 7. The summed E-state index contributed by atoms with van der Waals surface area (Å²) in [5.41, 5.74) is 0.107. The van der Waals surface area contributed by atoms with Gasteiger partial charge in [0, 0.05) is 44.6 Å². The minimum absolute atomic E-state index is 0.107. The van der Waals surface area contributed by atoms with Gasteiger partial charge in [-0.2, -0.15) is 0 Å². The van der Waals surface area contributed by atoms with Crippen molar-refractivity contribution in [3.8, 4) is 0 Å². The van der Waals surface area contributed by atoms with Crippen LogP contribution in [0.4, 0.5) is 4.79 Å². The van der Waals surface area contributed by atoms with Gasteiger partial charge in [-0.3, -0.25) is 0 Å². The fourth-order valence-corrected chi connectivity index (χ4v) is 3.81. The van der Waals surface area contributed by atoms with E-state index >= 15 is 0 Å². The first-order chi connectivity index (χ1) is 9.85. The van der Waals surface area contributed by atoms with Gasteiger partial charge >= 0.3 is 6.03 Å². The zero-order valence-electron chi connectivity index (χ0n) is 12.7. The van der Waals surface area contributed by atoms with Crippen LogP contribution in [-0.2, 0) is 14.8 Å². The molecule has 0 aromatic carbocycles. The molecule has 2 aliphatic rings. The summed E-state index contributed by atoms with van der Waals surface area (Å²) in [5.74, 6) is 0.210. The number of nitrogens with one attached hydrogen (secondary N) is 2. The molecule has 2 amide bonds. The summed E-state index contributed by atoms with van der Waals surface area (Å²) in [6, 6.07) is -0.185. The summed E-state index contributed by atoms with van der Waals surface area (Å²) in [7, 11) is -1.39. The molecule has 0 aromatic heterocycles. The monoisotopic (exact) mass is 319 g/mol. The van der Waals surface area contributed by atoms with Gasteiger partial charge < -0.3 is 15.4 Å². The minimum atomic E-state index is -3.08. The van der Waals surface area contributed by atoms with Crippen molar-refractivity contribution in [1.82, 2.24) is 14.9 Å². The topological polar surface area (TPSA) is 87.7 Å². The molecule has 0 aromatic rings. The lowest BCUT2D eigenvalue weighted by Gasteiger charge is -2.41. The van der Waals surface area contributed by atoms with Gasteiger partial charge in [-0.25, -0.2) is 17.5 Å². The van der Waals surface area contributed by atoms with Crippen LogP contribution in [0.25, 0.3) is 0 Å². The van der Waals surface area contributed by atoms with E-state index < -0.39 is 10.0 Å². The molecule has 0 unspecified atom stereocenters. The Balaban J connectivity index is 1.61. The normalized spacial score (nSPS) is 22.2. The molecule has 1 saturated carbocycles. The number of hydrogen-bond donors (Lipinski definition) is 2. The SMILES string of the molecule is COCC1(CNC(=O)NCC2CN(S(C)(=O)=O)C2)CCC1. The van der Waals surface area contributed by atoms with Crippen molar-refractivity contribution in [3.05, 3.63) is 0 Å². The number of urea groups is 1. The van der Waals surface area contributed by atoms with Crippen molar-refractivity contribution in [2.75, 3.05) is 46.2 Å². The summed E-state index contributed by atoms with van der Waals surface area (Å²) >= 11 is 0. The Bertz CT molecular complexity index is 470. The van der Waals surface area contributed by atoms with E-state index in [0.29, 0.717) is 32.8 Å². The van der Waals surface area contributed by atoms with Crippen molar-refractivity contribution in [1.29, 1.82) is 0 Å². The molecule has 0 spiro atoms. The molecule has 1 saturated heterocycles. The molecule has 0 radical (unpaired) electrons. The summed E-state index contributed by atoms with van der Waals surface area (Å²) in [5, 5.41) is 5.70. The number of nitrogens with zero attached hydrogens (tertiary/aromatic N) is 1. The molecule has 8 heteroatoms. The molecular weight excluding hydrogens is 294 g/mol. The fraction of sp³-hybridized carbons (Fsp3) is 0.923. The molecule has 1 aliphatic heterocycles. The average molecular weight is 319 g/mol. The molecule has 0 atom stereocenters. The Morgan fingerprint density at radius 2 is 2.00 bits per heavy atom. The van der Waals surface area contributed by atoms with Gasteiger partial charge in [0.05, 0.1) is 12.9 Å². The van der Waals surface area contributed by atoms with Gasteiger partial charge in [-0.05, 0) is 12.8 Å². The van der Waals surface area contributed by atoms with E-state index in [4.69, 9.17) is 4.74 Å². The first-order valence-corrected chi connectivity index (χ1v) is 9.15. The van der Waals surface area contributed by atoms with E-state index in [-0.39, 0.29) is 17.4 Å². The van der Waals surface area contributed by atoms with Crippen LogP contribution in [0.2, 0.25) is 0 Å². The smallest absolute Gasteiger partial charge is 0.314 e. The van der Waals surface area contributed by atoms with Gasteiger partial charge in [0.2, 0.25) is 10.0 Å². The van der Waals surface area contributed by atoms with Crippen LogP contribution < -0.4 is 10.6 Å². The van der Waals surface area contributed by atoms with E-state index in [1.54, 1.807) is 7.11 Å². The molecule has 2 N–H and O–H groups in total. The third-order valence-corrected chi connectivity index (χ3v) is 5.67. The zero-order valence-corrected chi connectivity index (χ0v) is 13.5. The van der Waals surface area contributed by atoms with Gasteiger partial charge in [0.15, 0.2) is 0 Å². The first-order valence-electron chi connectivity index (χ1n) is 7.30. The molecule has 2 fully saturated rings. The molecular formula is C13H25N3O4S. The lowest BCUT2D eigenvalue weighted by Crippen LogP contribution is -2.55. The highest BCUT2D eigenvalue weighted by Crippen LogP contribution is 2.40. The van der Waals surface area contributed by atoms with E-state index in [1.165, 1.54) is 17.0 Å². The van der Waals surface area contributed by atoms with Crippen molar-refractivity contribution >= 4 is 16.1 Å². The second-order valence-electron chi connectivity index (χ2n) is 6.30. The molecule has 1 heterocycles. The maximum Gasteiger partial charge on any atom is 0.314 e. The lowest BCUT2D eigenvalue weighted by atomic mass is 9.69. The van der Waals surface area contributed by atoms with E-state index in [1.807, 2.05) is 0 Å². The van der Waals surface area contributed by atoms with E-state index in [9.17, 15) is 13.2 Å². The Morgan fingerprint density at radius 1 is 1.33 bits per heavy atom. The Morgan fingerprint density at radius 3 is 2.48 bits per heavy atom. The number of methoxy groups -OCH3 is 1. The van der Waals surface area contributed by atoms with E-state index in [2.05, 4.69) is 10.6 Å². The highest BCUT2D eigenvalue weighted by Gasteiger charge is 2.37. The lowest BCUT2D eigenvalue weighted by molar-refractivity contribution is 0.0200. The predicted molar refractivity (Wildman–Crippen MR) is 79.5 cm³/mol. The zero-order chi connectivity index (χ0) is 15.5. The van der Waals surface area contributed by atoms with Crippen LogP contribution in [0.5, 0.6) is 0 Å². The third-order valence-electron chi connectivity index (χ3n) is 4.43. The van der Waals surface area contributed by atoms with Crippen LogP contribution in [0.15, 0.2) is 0 Å². The van der Waals surface area contributed by atoms with Crippen molar-refractivity contribution in [2.24, 2.45) is 11.3 Å². The molecule has 1 aliphatic carbocycles.